The van der Waals surface area contributed by atoms with Crippen molar-refractivity contribution in [3.63, 3.8) is 0 Å². The third-order valence-corrected chi connectivity index (χ3v) is 3.64. The van der Waals surface area contributed by atoms with Gasteiger partial charge in [-0.25, -0.2) is 0 Å². The highest BCUT2D eigenvalue weighted by Crippen LogP contribution is 2.15. The Morgan fingerprint density at radius 2 is 0.900 bits per heavy atom. The molecule has 0 amide bonds. The van der Waals surface area contributed by atoms with E-state index in [2.05, 4.69) is 86.9 Å². The molecule has 20 heavy (non-hydrogen) atoms. The van der Waals surface area contributed by atoms with Gasteiger partial charge in [-0.3, -0.25) is 0 Å². The third-order valence-electron chi connectivity index (χ3n) is 3.64. The van der Waals surface area contributed by atoms with Crippen LogP contribution in [-0.4, -0.2) is 12.1 Å². The molecule has 2 unspecified atom stereocenters. The molecule has 0 aliphatic rings. The maximum Gasteiger partial charge on any atom is 0.0431 e. The van der Waals surface area contributed by atoms with Crippen LogP contribution < -0.4 is 10.6 Å². The summed E-state index contributed by atoms with van der Waals surface area (Å²) < 4.78 is 0. The Bertz CT molecular complexity index is 477. The van der Waals surface area contributed by atoms with Crippen molar-refractivity contribution in [2.45, 2.75) is 39.8 Å². The van der Waals surface area contributed by atoms with E-state index < -0.39 is 0 Å². The minimum atomic E-state index is 0.346. The van der Waals surface area contributed by atoms with Gasteiger partial charge in [-0.05, 0) is 52.0 Å². The first-order valence-electron chi connectivity index (χ1n) is 7.21. The molecule has 2 atom stereocenters. The highest BCUT2D eigenvalue weighted by molar-refractivity contribution is 5.48. The first-order chi connectivity index (χ1) is 9.54. The fourth-order valence-corrected chi connectivity index (χ4v) is 2.08. The minimum absolute atomic E-state index is 0.346. The highest BCUT2D eigenvalue weighted by atomic mass is 15.0. The Labute approximate surface area is 122 Å². The van der Waals surface area contributed by atoms with Crippen molar-refractivity contribution in [1.82, 2.24) is 0 Å². The summed E-state index contributed by atoms with van der Waals surface area (Å²) >= 11 is 0. The van der Waals surface area contributed by atoms with Gasteiger partial charge >= 0.3 is 0 Å². The monoisotopic (exact) mass is 268 g/mol. The number of rotatable bonds is 5. The second-order valence-corrected chi connectivity index (χ2v) is 5.60. The van der Waals surface area contributed by atoms with Gasteiger partial charge in [0.05, 0.1) is 0 Å². The van der Waals surface area contributed by atoms with Crippen molar-refractivity contribution in [3.8, 4) is 0 Å². The van der Waals surface area contributed by atoms with Crippen molar-refractivity contribution < 1.29 is 0 Å². The molecule has 0 heterocycles. The van der Waals surface area contributed by atoms with Crippen LogP contribution in [-0.2, 0) is 0 Å². The number of benzene rings is 2. The normalized spacial score (nSPS) is 13.6. The number of aryl methyl sites for hydroxylation is 2. The molecule has 0 spiro atoms. The second-order valence-electron chi connectivity index (χ2n) is 5.60. The van der Waals surface area contributed by atoms with E-state index in [1.54, 1.807) is 0 Å². The van der Waals surface area contributed by atoms with E-state index in [1.165, 1.54) is 22.5 Å². The predicted molar refractivity (Wildman–Crippen MR) is 88.5 cm³/mol. The fourth-order valence-electron chi connectivity index (χ4n) is 2.08. The van der Waals surface area contributed by atoms with Crippen LogP contribution in [0, 0.1) is 13.8 Å². The summed E-state index contributed by atoms with van der Waals surface area (Å²) in [7, 11) is 0. The van der Waals surface area contributed by atoms with Crippen molar-refractivity contribution in [3.05, 3.63) is 59.7 Å². The number of hydrogen-bond donors (Lipinski definition) is 2. The number of hydrogen-bond acceptors (Lipinski definition) is 2. The van der Waals surface area contributed by atoms with E-state index in [0.717, 1.165) is 0 Å². The Morgan fingerprint density at radius 1 is 0.600 bits per heavy atom. The van der Waals surface area contributed by atoms with Crippen molar-refractivity contribution >= 4 is 11.4 Å². The van der Waals surface area contributed by atoms with Gasteiger partial charge in [0.15, 0.2) is 0 Å². The van der Waals surface area contributed by atoms with Crippen LogP contribution >= 0.6 is 0 Å². The van der Waals surface area contributed by atoms with Crippen molar-refractivity contribution in [2.24, 2.45) is 0 Å². The summed E-state index contributed by atoms with van der Waals surface area (Å²) in [4.78, 5) is 0. The minimum Gasteiger partial charge on any atom is -0.381 e. The van der Waals surface area contributed by atoms with Crippen LogP contribution in [0.3, 0.4) is 0 Å². The molecule has 2 aromatic rings. The van der Waals surface area contributed by atoms with E-state index >= 15 is 0 Å². The van der Waals surface area contributed by atoms with Crippen molar-refractivity contribution in [2.75, 3.05) is 10.6 Å². The molecule has 0 aromatic heterocycles. The van der Waals surface area contributed by atoms with E-state index in [4.69, 9.17) is 0 Å². The SMILES string of the molecule is Cc1ccc(NC(C)C(C)Nc2ccc(C)cc2)cc1. The lowest BCUT2D eigenvalue weighted by molar-refractivity contribution is 0.677. The molecule has 0 saturated heterocycles. The van der Waals surface area contributed by atoms with Gasteiger partial charge in [0, 0.05) is 23.5 Å². The number of nitrogens with one attached hydrogen (secondary N) is 2. The Balaban J connectivity index is 1.93. The maximum absolute atomic E-state index is 3.54. The van der Waals surface area contributed by atoms with Gasteiger partial charge in [-0.15, -0.1) is 0 Å². The molecule has 0 aliphatic carbocycles. The molecule has 2 nitrogen and oxygen atoms in total. The Morgan fingerprint density at radius 3 is 1.20 bits per heavy atom. The topological polar surface area (TPSA) is 24.1 Å². The van der Waals surface area contributed by atoms with Crippen LogP contribution in [0.5, 0.6) is 0 Å². The van der Waals surface area contributed by atoms with E-state index in [9.17, 15) is 0 Å². The number of anilines is 2. The molecule has 0 aliphatic heterocycles. The van der Waals surface area contributed by atoms with Crippen LogP contribution in [0.4, 0.5) is 11.4 Å². The fraction of sp³-hybridized carbons (Fsp3) is 0.333. The van der Waals surface area contributed by atoms with Crippen LogP contribution in [0.2, 0.25) is 0 Å². The van der Waals surface area contributed by atoms with E-state index in [1.807, 2.05) is 0 Å². The first-order valence-corrected chi connectivity index (χ1v) is 7.21. The average molecular weight is 268 g/mol. The summed E-state index contributed by atoms with van der Waals surface area (Å²) in [5.41, 5.74) is 4.91. The molecule has 0 radical (unpaired) electrons. The van der Waals surface area contributed by atoms with Gasteiger partial charge in [0.25, 0.3) is 0 Å². The summed E-state index contributed by atoms with van der Waals surface area (Å²) in [5, 5.41) is 7.08. The molecule has 106 valence electrons. The first kappa shape index (κ1) is 14.4. The smallest absolute Gasteiger partial charge is 0.0431 e. The quantitative estimate of drug-likeness (QED) is 0.828. The summed E-state index contributed by atoms with van der Waals surface area (Å²) in [6.07, 6.45) is 0. The highest BCUT2D eigenvalue weighted by Gasteiger charge is 2.11. The van der Waals surface area contributed by atoms with Gasteiger partial charge in [-0.2, -0.15) is 0 Å². The Hall–Kier alpha value is -1.96. The van der Waals surface area contributed by atoms with Gasteiger partial charge in [0.1, 0.15) is 0 Å². The van der Waals surface area contributed by atoms with Crippen LogP contribution in [0.1, 0.15) is 25.0 Å². The summed E-state index contributed by atoms with van der Waals surface area (Å²) in [6, 6.07) is 17.7. The Kier molecular flexibility index (Phi) is 4.67. The lowest BCUT2D eigenvalue weighted by atomic mass is 10.1. The van der Waals surface area contributed by atoms with Crippen LogP contribution in [0.25, 0.3) is 0 Å². The molecule has 2 N–H and O–H groups in total. The molecule has 0 saturated carbocycles. The summed E-state index contributed by atoms with van der Waals surface area (Å²) in [5.74, 6) is 0. The average Bonchev–Trinajstić information content (AvgIpc) is 2.44. The molecule has 0 bridgehead atoms. The van der Waals surface area contributed by atoms with Gasteiger partial charge < -0.3 is 10.6 Å². The van der Waals surface area contributed by atoms with E-state index in [-0.39, 0.29) is 0 Å². The zero-order valence-corrected chi connectivity index (χ0v) is 12.8. The van der Waals surface area contributed by atoms with Crippen molar-refractivity contribution in [1.29, 1.82) is 0 Å². The molecule has 0 fully saturated rings. The summed E-state index contributed by atoms with van der Waals surface area (Å²) in [6.45, 7) is 8.61. The van der Waals surface area contributed by atoms with Gasteiger partial charge in [-0.1, -0.05) is 35.4 Å². The lowest BCUT2D eigenvalue weighted by Gasteiger charge is -2.24. The predicted octanol–water partition coefficient (Wildman–Crippen LogP) is 4.60. The second kappa shape index (κ2) is 6.47. The molecule has 2 aromatic carbocycles. The standard InChI is InChI=1S/C18H24N2/c1-13-5-9-17(10-6-13)19-15(3)16(4)20-18-11-7-14(2)8-12-18/h5-12,15-16,19-20H,1-4H3. The third kappa shape index (κ3) is 4.02. The molecular weight excluding hydrogens is 244 g/mol. The lowest BCUT2D eigenvalue weighted by Crippen LogP contribution is -2.34. The van der Waals surface area contributed by atoms with Crippen LogP contribution in [0.15, 0.2) is 48.5 Å². The molecule has 2 rings (SSSR count). The van der Waals surface area contributed by atoms with Gasteiger partial charge in [0.2, 0.25) is 0 Å². The molecular formula is C18H24N2. The zero-order valence-electron chi connectivity index (χ0n) is 12.8. The zero-order chi connectivity index (χ0) is 14.5. The maximum atomic E-state index is 3.54. The van der Waals surface area contributed by atoms with E-state index in [0.29, 0.717) is 12.1 Å². The molecule has 2 heteroatoms. The largest absolute Gasteiger partial charge is 0.381 e.